The van der Waals surface area contributed by atoms with Crippen molar-refractivity contribution in [2.75, 3.05) is 6.54 Å². The maximum atomic E-state index is 11.6. The highest BCUT2D eigenvalue weighted by atomic mass is 32.1. The summed E-state index contributed by atoms with van der Waals surface area (Å²) in [6, 6.07) is -0.0794. The van der Waals surface area contributed by atoms with Crippen LogP contribution in [0.4, 0.5) is 0 Å². The Morgan fingerprint density at radius 2 is 2.31 bits per heavy atom. The number of hydrogen-bond acceptors (Lipinski definition) is 4. The molecule has 0 spiro atoms. The Morgan fingerprint density at radius 1 is 1.56 bits per heavy atom. The standard InChI is InChI=1S/C11H14N2O2S/c1-3-9-5-12-11(16-9)7(2)13-6-8(14)4-10(13)15/h5,7H,3-4,6H2,1-2H3. The molecule has 1 aliphatic rings. The van der Waals surface area contributed by atoms with Gasteiger partial charge in [-0.3, -0.25) is 9.59 Å². The summed E-state index contributed by atoms with van der Waals surface area (Å²) in [7, 11) is 0. The molecular weight excluding hydrogens is 224 g/mol. The molecule has 1 atom stereocenters. The van der Waals surface area contributed by atoms with Crippen molar-refractivity contribution >= 4 is 23.0 Å². The number of thiazole rings is 1. The number of likely N-dealkylation sites (tertiary alicyclic amines) is 1. The number of hydrogen-bond donors (Lipinski definition) is 0. The minimum absolute atomic E-state index is 0.00382. The molecule has 5 heteroatoms. The van der Waals surface area contributed by atoms with Gasteiger partial charge in [0.1, 0.15) is 5.01 Å². The molecule has 1 aromatic heterocycles. The van der Waals surface area contributed by atoms with E-state index in [9.17, 15) is 9.59 Å². The summed E-state index contributed by atoms with van der Waals surface area (Å²) in [6.07, 6.45) is 2.85. The molecule has 2 heterocycles. The fraction of sp³-hybridized carbons (Fsp3) is 0.545. The van der Waals surface area contributed by atoms with E-state index in [2.05, 4.69) is 11.9 Å². The van der Waals surface area contributed by atoms with E-state index in [1.165, 1.54) is 4.88 Å². The van der Waals surface area contributed by atoms with Gasteiger partial charge in [0.05, 0.1) is 19.0 Å². The first-order valence-electron chi connectivity index (χ1n) is 5.37. The zero-order chi connectivity index (χ0) is 11.7. The Kier molecular flexibility index (Phi) is 3.05. The van der Waals surface area contributed by atoms with Crippen molar-refractivity contribution in [3.8, 4) is 0 Å². The van der Waals surface area contributed by atoms with Crippen LogP contribution in [0.3, 0.4) is 0 Å². The van der Waals surface area contributed by atoms with Gasteiger partial charge in [0.15, 0.2) is 5.78 Å². The number of ketones is 1. The highest BCUT2D eigenvalue weighted by Gasteiger charge is 2.32. The zero-order valence-electron chi connectivity index (χ0n) is 9.40. The Labute approximate surface area is 98.3 Å². The third kappa shape index (κ3) is 2.00. The predicted molar refractivity (Wildman–Crippen MR) is 61.2 cm³/mol. The minimum atomic E-state index is -0.0794. The molecule has 16 heavy (non-hydrogen) atoms. The Hall–Kier alpha value is -1.23. The molecule has 2 rings (SSSR count). The fourth-order valence-electron chi connectivity index (χ4n) is 1.77. The van der Waals surface area contributed by atoms with E-state index in [1.807, 2.05) is 13.1 Å². The van der Waals surface area contributed by atoms with Crippen molar-refractivity contribution in [3.05, 3.63) is 16.1 Å². The van der Waals surface area contributed by atoms with Gasteiger partial charge in [-0.1, -0.05) is 6.92 Å². The van der Waals surface area contributed by atoms with E-state index in [-0.39, 0.29) is 30.7 Å². The van der Waals surface area contributed by atoms with E-state index in [4.69, 9.17) is 0 Å². The van der Waals surface area contributed by atoms with Crippen LogP contribution in [-0.4, -0.2) is 28.1 Å². The van der Waals surface area contributed by atoms with Gasteiger partial charge in [-0.15, -0.1) is 11.3 Å². The Balaban J connectivity index is 2.15. The minimum Gasteiger partial charge on any atom is -0.326 e. The normalized spacial score (nSPS) is 18.2. The van der Waals surface area contributed by atoms with Crippen LogP contribution in [0.2, 0.25) is 0 Å². The van der Waals surface area contributed by atoms with Crippen LogP contribution in [0.1, 0.15) is 36.2 Å². The highest BCUT2D eigenvalue weighted by molar-refractivity contribution is 7.11. The maximum Gasteiger partial charge on any atom is 0.231 e. The van der Waals surface area contributed by atoms with Gasteiger partial charge in [0.25, 0.3) is 0 Å². The second kappa shape index (κ2) is 4.33. The van der Waals surface area contributed by atoms with Crippen LogP contribution in [0, 0.1) is 0 Å². The average molecular weight is 238 g/mol. The van der Waals surface area contributed by atoms with E-state index >= 15 is 0 Å². The van der Waals surface area contributed by atoms with Crippen molar-refractivity contribution in [1.29, 1.82) is 0 Å². The largest absolute Gasteiger partial charge is 0.326 e. The van der Waals surface area contributed by atoms with Crippen LogP contribution in [0.15, 0.2) is 6.20 Å². The van der Waals surface area contributed by atoms with E-state index in [1.54, 1.807) is 16.2 Å². The molecule has 1 saturated heterocycles. The van der Waals surface area contributed by atoms with Crippen LogP contribution < -0.4 is 0 Å². The first-order valence-corrected chi connectivity index (χ1v) is 6.19. The number of carbonyl (C=O) groups excluding carboxylic acids is 2. The van der Waals surface area contributed by atoms with Crippen molar-refractivity contribution < 1.29 is 9.59 Å². The summed E-state index contributed by atoms with van der Waals surface area (Å²) in [4.78, 5) is 29.9. The van der Waals surface area contributed by atoms with Gasteiger partial charge in [-0.2, -0.15) is 0 Å². The van der Waals surface area contributed by atoms with Crippen LogP contribution >= 0.6 is 11.3 Å². The number of amides is 1. The quantitative estimate of drug-likeness (QED) is 0.751. The number of Topliss-reactive ketones (excluding diaryl/α,β-unsaturated/α-hetero) is 1. The summed E-state index contributed by atoms with van der Waals surface area (Å²) in [5, 5.41) is 0.917. The van der Waals surface area contributed by atoms with Crippen molar-refractivity contribution in [3.63, 3.8) is 0 Å². The number of aromatic nitrogens is 1. The molecule has 0 aromatic carbocycles. The Bertz CT molecular complexity index is 427. The third-order valence-corrected chi connectivity index (χ3v) is 4.07. The molecule has 0 N–H and O–H groups in total. The molecule has 0 saturated carbocycles. The fourth-order valence-corrected chi connectivity index (χ4v) is 2.69. The molecular formula is C11H14N2O2S. The molecule has 0 bridgehead atoms. The van der Waals surface area contributed by atoms with Gasteiger partial charge in [0.2, 0.25) is 5.91 Å². The van der Waals surface area contributed by atoms with Crippen LogP contribution in [0.25, 0.3) is 0 Å². The summed E-state index contributed by atoms with van der Waals surface area (Å²) in [5.41, 5.74) is 0. The van der Waals surface area contributed by atoms with Crippen molar-refractivity contribution in [2.24, 2.45) is 0 Å². The third-order valence-electron chi connectivity index (χ3n) is 2.76. The summed E-state index contributed by atoms with van der Waals surface area (Å²) < 4.78 is 0. The van der Waals surface area contributed by atoms with Crippen LogP contribution in [-0.2, 0) is 16.0 Å². The van der Waals surface area contributed by atoms with Crippen molar-refractivity contribution in [1.82, 2.24) is 9.88 Å². The first-order chi connectivity index (χ1) is 7.61. The highest BCUT2D eigenvalue weighted by Crippen LogP contribution is 2.27. The van der Waals surface area contributed by atoms with Gasteiger partial charge >= 0.3 is 0 Å². The Morgan fingerprint density at radius 3 is 2.81 bits per heavy atom. The smallest absolute Gasteiger partial charge is 0.231 e. The predicted octanol–water partition coefficient (Wildman–Crippen LogP) is 1.57. The van der Waals surface area contributed by atoms with Crippen molar-refractivity contribution in [2.45, 2.75) is 32.7 Å². The average Bonchev–Trinajstić information content (AvgIpc) is 2.84. The van der Waals surface area contributed by atoms with Gasteiger partial charge < -0.3 is 4.90 Å². The molecule has 1 unspecified atom stereocenters. The summed E-state index contributed by atoms with van der Waals surface area (Å²) >= 11 is 1.61. The number of carbonyl (C=O) groups is 2. The molecule has 1 fully saturated rings. The molecule has 86 valence electrons. The van der Waals surface area contributed by atoms with Gasteiger partial charge in [-0.05, 0) is 13.3 Å². The topological polar surface area (TPSA) is 50.3 Å². The number of aryl methyl sites for hydroxylation is 1. The number of nitrogens with zero attached hydrogens (tertiary/aromatic N) is 2. The molecule has 1 aromatic rings. The molecule has 0 aliphatic carbocycles. The lowest BCUT2D eigenvalue weighted by Gasteiger charge is -2.21. The SMILES string of the molecule is CCc1cnc(C(C)N2CC(=O)CC2=O)s1. The monoisotopic (exact) mass is 238 g/mol. The maximum absolute atomic E-state index is 11.6. The van der Waals surface area contributed by atoms with E-state index in [0.717, 1.165) is 11.4 Å². The van der Waals surface area contributed by atoms with E-state index in [0.29, 0.717) is 0 Å². The van der Waals surface area contributed by atoms with E-state index < -0.39 is 0 Å². The molecule has 0 radical (unpaired) electrons. The second-order valence-electron chi connectivity index (χ2n) is 3.93. The van der Waals surface area contributed by atoms with Gasteiger partial charge in [-0.25, -0.2) is 4.98 Å². The summed E-state index contributed by atoms with van der Waals surface area (Å²) in [5.74, 6) is -0.0742. The first kappa shape index (κ1) is 11.3. The van der Waals surface area contributed by atoms with Crippen LogP contribution in [0.5, 0.6) is 0 Å². The van der Waals surface area contributed by atoms with Gasteiger partial charge in [0, 0.05) is 11.1 Å². The lowest BCUT2D eigenvalue weighted by Crippen LogP contribution is -2.28. The zero-order valence-corrected chi connectivity index (χ0v) is 10.2. The molecule has 1 aliphatic heterocycles. The summed E-state index contributed by atoms with van der Waals surface area (Å²) in [6.45, 7) is 4.24. The molecule has 1 amide bonds. The lowest BCUT2D eigenvalue weighted by atomic mass is 10.3. The number of rotatable bonds is 3. The molecule has 4 nitrogen and oxygen atoms in total. The second-order valence-corrected chi connectivity index (χ2v) is 5.08. The lowest BCUT2D eigenvalue weighted by molar-refractivity contribution is -0.129.